The largest absolute Gasteiger partial charge is 0.454 e. The van der Waals surface area contributed by atoms with E-state index in [9.17, 15) is 5.11 Å². The molecule has 0 aliphatic carbocycles. The van der Waals surface area contributed by atoms with Crippen molar-refractivity contribution in [3.8, 4) is 11.5 Å². The average molecular weight is 369 g/mol. The van der Waals surface area contributed by atoms with Crippen molar-refractivity contribution >= 4 is 22.7 Å². The number of hydrogen-bond donors (Lipinski definition) is 1. The Morgan fingerprint density at radius 1 is 1.08 bits per heavy atom. The molecule has 0 saturated carbocycles. The molecule has 2 heterocycles. The molecule has 1 atom stereocenters. The van der Waals surface area contributed by atoms with Gasteiger partial charge in [0.2, 0.25) is 6.79 Å². The molecule has 1 aliphatic heterocycles. The van der Waals surface area contributed by atoms with Gasteiger partial charge >= 0.3 is 0 Å². The second-order valence-electron chi connectivity index (χ2n) is 6.01. The van der Waals surface area contributed by atoms with Crippen LogP contribution in [0, 0.1) is 0 Å². The lowest BCUT2D eigenvalue weighted by Gasteiger charge is -2.11. The second-order valence-corrected chi connectivity index (χ2v) is 7.05. The Balaban J connectivity index is 1.24. The topological polar surface area (TPSA) is 60.8 Å². The maximum absolute atomic E-state index is 10.1. The molecule has 0 bridgehead atoms. The molecule has 2 aromatic carbocycles. The van der Waals surface area contributed by atoms with Crippen LogP contribution >= 0.6 is 11.8 Å². The van der Waals surface area contributed by atoms with Crippen molar-refractivity contribution in [1.82, 2.24) is 4.98 Å². The fourth-order valence-corrected chi connectivity index (χ4v) is 3.49. The van der Waals surface area contributed by atoms with Crippen LogP contribution in [0.4, 0.5) is 0 Å². The van der Waals surface area contributed by atoms with Gasteiger partial charge in [-0.05, 0) is 29.8 Å². The summed E-state index contributed by atoms with van der Waals surface area (Å²) >= 11 is 1.53. The molecule has 0 spiro atoms. The van der Waals surface area contributed by atoms with Gasteiger partial charge in [0.05, 0.1) is 29.9 Å². The first-order valence-electron chi connectivity index (χ1n) is 8.41. The van der Waals surface area contributed by atoms with Crippen LogP contribution in [0.15, 0.2) is 59.6 Å². The Kier molecular flexibility index (Phi) is 5.24. The van der Waals surface area contributed by atoms with Gasteiger partial charge in [-0.25, -0.2) is 4.98 Å². The lowest BCUT2D eigenvalue weighted by molar-refractivity contribution is 0.0397. The molecule has 0 fully saturated rings. The second kappa shape index (κ2) is 7.95. The summed E-state index contributed by atoms with van der Waals surface area (Å²) in [6.07, 6.45) is -0.553. The Bertz CT molecular complexity index is 902. The molecule has 134 valence electrons. The molecule has 6 heteroatoms. The van der Waals surface area contributed by atoms with Crippen molar-refractivity contribution in [2.24, 2.45) is 0 Å². The summed E-state index contributed by atoms with van der Waals surface area (Å²) in [5.41, 5.74) is 1.95. The van der Waals surface area contributed by atoms with Gasteiger partial charge in [0.15, 0.2) is 11.5 Å². The first kappa shape index (κ1) is 17.1. The van der Waals surface area contributed by atoms with Crippen LogP contribution in [0.3, 0.4) is 0 Å². The molecule has 0 unspecified atom stereocenters. The molecule has 0 radical (unpaired) electrons. The molecule has 1 aromatic heterocycles. The fourth-order valence-electron chi connectivity index (χ4n) is 2.70. The standard InChI is InChI=1S/C20H19NO4S/c22-16(11-23-10-14-5-7-18-19(9-14)25-13-24-18)12-26-20-8-6-15-3-1-2-4-17(15)21-20/h1-9,16,22H,10-13H2/t16-/m0/s1. The van der Waals surface area contributed by atoms with E-state index in [0.29, 0.717) is 12.4 Å². The molecule has 0 saturated heterocycles. The molecule has 1 N–H and O–H groups in total. The van der Waals surface area contributed by atoms with E-state index in [-0.39, 0.29) is 13.4 Å². The molecular formula is C20H19NO4S. The number of aromatic nitrogens is 1. The zero-order chi connectivity index (χ0) is 17.8. The zero-order valence-electron chi connectivity index (χ0n) is 14.1. The summed E-state index contributed by atoms with van der Waals surface area (Å²) in [7, 11) is 0. The van der Waals surface area contributed by atoms with Crippen molar-refractivity contribution in [3.63, 3.8) is 0 Å². The highest BCUT2D eigenvalue weighted by molar-refractivity contribution is 7.99. The number of benzene rings is 2. The fraction of sp³-hybridized carbons (Fsp3) is 0.250. The summed E-state index contributed by atoms with van der Waals surface area (Å²) in [6.45, 7) is 0.958. The van der Waals surface area contributed by atoms with E-state index >= 15 is 0 Å². The predicted molar refractivity (Wildman–Crippen MR) is 101 cm³/mol. The van der Waals surface area contributed by atoms with E-state index in [1.807, 2.05) is 54.6 Å². The smallest absolute Gasteiger partial charge is 0.231 e. The Morgan fingerprint density at radius 2 is 1.96 bits per heavy atom. The highest BCUT2D eigenvalue weighted by Gasteiger charge is 2.13. The van der Waals surface area contributed by atoms with Gasteiger partial charge in [0.25, 0.3) is 0 Å². The lowest BCUT2D eigenvalue weighted by atomic mass is 10.2. The van der Waals surface area contributed by atoms with E-state index in [1.54, 1.807) is 0 Å². The quantitative estimate of drug-likeness (QED) is 0.642. The third kappa shape index (κ3) is 4.09. The number of thioether (sulfide) groups is 1. The molecule has 4 rings (SSSR count). The van der Waals surface area contributed by atoms with Gasteiger partial charge in [-0.15, -0.1) is 11.8 Å². The van der Waals surface area contributed by atoms with Crippen molar-refractivity contribution in [2.75, 3.05) is 19.2 Å². The first-order valence-corrected chi connectivity index (χ1v) is 9.39. The van der Waals surface area contributed by atoms with Crippen molar-refractivity contribution in [1.29, 1.82) is 0 Å². The third-order valence-electron chi connectivity index (χ3n) is 4.01. The van der Waals surface area contributed by atoms with Gasteiger partial charge in [-0.3, -0.25) is 0 Å². The zero-order valence-corrected chi connectivity index (χ0v) is 14.9. The summed E-state index contributed by atoms with van der Waals surface area (Å²) in [5.74, 6) is 2.03. The molecule has 0 amide bonds. The van der Waals surface area contributed by atoms with E-state index in [0.717, 1.165) is 33.0 Å². The number of aliphatic hydroxyl groups is 1. The van der Waals surface area contributed by atoms with Crippen molar-refractivity contribution in [3.05, 3.63) is 60.2 Å². The van der Waals surface area contributed by atoms with Crippen LogP contribution in [0.25, 0.3) is 10.9 Å². The van der Waals surface area contributed by atoms with Crippen LogP contribution in [-0.4, -0.2) is 35.3 Å². The van der Waals surface area contributed by atoms with E-state index in [4.69, 9.17) is 14.2 Å². The maximum Gasteiger partial charge on any atom is 0.231 e. The minimum atomic E-state index is -0.553. The maximum atomic E-state index is 10.1. The summed E-state index contributed by atoms with van der Waals surface area (Å²) in [6, 6.07) is 17.7. The van der Waals surface area contributed by atoms with Gasteiger partial charge < -0.3 is 19.3 Å². The van der Waals surface area contributed by atoms with E-state index in [2.05, 4.69) is 4.98 Å². The number of aliphatic hydroxyl groups excluding tert-OH is 1. The predicted octanol–water partition coefficient (Wildman–Crippen LogP) is 3.63. The monoisotopic (exact) mass is 369 g/mol. The third-order valence-corrected chi connectivity index (χ3v) is 5.09. The van der Waals surface area contributed by atoms with Crippen LogP contribution in [-0.2, 0) is 11.3 Å². The number of fused-ring (bicyclic) bond motifs is 2. The summed E-state index contributed by atoms with van der Waals surface area (Å²) < 4.78 is 16.3. The Labute approximate surface area is 155 Å². The van der Waals surface area contributed by atoms with Gasteiger partial charge in [-0.1, -0.05) is 30.3 Å². The Hall–Kier alpha value is -2.28. The number of hydrogen-bond acceptors (Lipinski definition) is 6. The van der Waals surface area contributed by atoms with Gasteiger partial charge in [0.1, 0.15) is 0 Å². The minimum absolute atomic E-state index is 0.262. The summed E-state index contributed by atoms with van der Waals surface area (Å²) in [4.78, 5) is 4.59. The molecule has 26 heavy (non-hydrogen) atoms. The minimum Gasteiger partial charge on any atom is -0.454 e. The first-order chi connectivity index (χ1) is 12.8. The molecule has 1 aliphatic rings. The highest BCUT2D eigenvalue weighted by Crippen LogP contribution is 2.32. The number of rotatable bonds is 7. The number of para-hydroxylation sites is 1. The van der Waals surface area contributed by atoms with Crippen molar-refractivity contribution < 1.29 is 19.3 Å². The van der Waals surface area contributed by atoms with Crippen LogP contribution < -0.4 is 9.47 Å². The number of pyridine rings is 1. The number of ether oxygens (including phenoxy) is 3. The van der Waals surface area contributed by atoms with E-state index in [1.165, 1.54) is 11.8 Å². The van der Waals surface area contributed by atoms with Gasteiger partial charge in [-0.2, -0.15) is 0 Å². The average Bonchev–Trinajstić information content (AvgIpc) is 3.14. The molecule has 5 nitrogen and oxygen atoms in total. The van der Waals surface area contributed by atoms with Crippen molar-refractivity contribution in [2.45, 2.75) is 17.7 Å². The van der Waals surface area contributed by atoms with Crippen LogP contribution in [0.5, 0.6) is 11.5 Å². The molecule has 3 aromatic rings. The highest BCUT2D eigenvalue weighted by atomic mass is 32.2. The van der Waals surface area contributed by atoms with Crippen LogP contribution in [0.2, 0.25) is 0 Å². The van der Waals surface area contributed by atoms with Crippen LogP contribution in [0.1, 0.15) is 5.56 Å². The number of nitrogens with zero attached hydrogens (tertiary/aromatic N) is 1. The summed E-state index contributed by atoms with van der Waals surface area (Å²) in [5, 5.41) is 12.2. The molecular weight excluding hydrogens is 350 g/mol. The van der Waals surface area contributed by atoms with Gasteiger partial charge in [0, 0.05) is 11.1 Å². The van der Waals surface area contributed by atoms with E-state index < -0.39 is 6.10 Å². The normalized spacial score (nSPS) is 13.9. The SMILES string of the molecule is O[C@@H](COCc1ccc2c(c1)OCO2)CSc1ccc2ccccc2n1. The lowest BCUT2D eigenvalue weighted by Crippen LogP contribution is -2.18. The Morgan fingerprint density at radius 3 is 2.92 bits per heavy atom.